The van der Waals surface area contributed by atoms with E-state index in [-0.39, 0.29) is 12.5 Å². The number of carbonyl (C=O) groups excluding carboxylic acids is 1. The van der Waals surface area contributed by atoms with Crippen LogP contribution in [-0.2, 0) is 11.2 Å². The zero-order valence-corrected chi connectivity index (χ0v) is 18.0. The number of fused-ring (bicyclic) bond motifs is 1. The zero-order chi connectivity index (χ0) is 21.8. The molecule has 31 heavy (non-hydrogen) atoms. The molecule has 3 aromatic carbocycles. The first-order chi connectivity index (χ1) is 15.0. The van der Waals surface area contributed by atoms with E-state index in [1.54, 1.807) is 12.1 Å². The van der Waals surface area contributed by atoms with Crippen molar-refractivity contribution >= 4 is 22.7 Å². The Labute approximate surface area is 182 Å². The maximum absolute atomic E-state index is 12.3. The Morgan fingerprint density at radius 3 is 2.45 bits per heavy atom. The SMILES string of the molecule is CCc1ccc(OCC(=O)Nc2ccc3oc(-c4ccc(C(C)C)cc4)nc3c2)cc1. The highest BCUT2D eigenvalue weighted by Gasteiger charge is 2.11. The average Bonchev–Trinajstić information content (AvgIpc) is 3.21. The first kappa shape index (κ1) is 20.7. The van der Waals surface area contributed by atoms with Gasteiger partial charge in [0, 0.05) is 11.3 Å². The molecule has 1 N–H and O–H groups in total. The molecule has 0 aliphatic rings. The number of anilines is 1. The molecule has 1 heterocycles. The van der Waals surface area contributed by atoms with Crippen LogP contribution in [0.15, 0.2) is 71.1 Å². The van der Waals surface area contributed by atoms with Gasteiger partial charge in [-0.15, -0.1) is 0 Å². The van der Waals surface area contributed by atoms with E-state index in [1.165, 1.54) is 11.1 Å². The quantitative estimate of drug-likeness (QED) is 0.391. The first-order valence-corrected chi connectivity index (χ1v) is 10.5. The summed E-state index contributed by atoms with van der Waals surface area (Å²) in [5.41, 5.74) is 5.44. The summed E-state index contributed by atoms with van der Waals surface area (Å²) in [4.78, 5) is 16.9. The molecule has 4 aromatic rings. The van der Waals surface area contributed by atoms with Gasteiger partial charge in [-0.1, -0.05) is 45.0 Å². The highest BCUT2D eigenvalue weighted by Crippen LogP contribution is 2.27. The second-order valence-electron chi connectivity index (χ2n) is 7.81. The Bertz CT molecular complexity index is 1180. The minimum atomic E-state index is -0.230. The van der Waals surface area contributed by atoms with Crippen LogP contribution in [-0.4, -0.2) is 17.5 Å². The molecule has 158 valence electrons. The van der Waals surface area contributed by atoms with Gasteiger partial charge in [-0.3, -0.25) is 4.79 Å². The number of oxazole rings is 1. The van der Waals surface area contributed by atoms with E-state index in [0.29, 0.717) is 34.3 Å². The van der Waals surface area contributed by atoms with Crippen LogP contribution in [0, 0.1) is 0 Å². The zero-order valence-electron chi connectivity index (χ0n) is 18.0. The van der Waals surface area contributed by atoms with Gasteiger partial charge < -0.3 is 14.5 Å². The molecular formula is C26H26N2O3. The summed E-state index contributed by atoms with van der Waals surface area (Å²) in [5, 5.41) is 2.85. The molecule has 0 bridgehead atoms. The molecule has 0 aliphatic heterocycles. The number of ether oxygens (including phenoxy) is 1. The molecule has 0 saturated carbocycles. The van der Waals surface area contributed by atoms with Gasteiger partial charge in [0.25, 0.3) is 5.91 Å². The molecule has 0 radical (unpaired) electrons. The van der Waals surface area contributed by atoms with Crippen LogP contribution in [0.1, 0.15) is 37.8 Å². The molecule has 0 saturated heterocycles. The van der Waals surface area contributed by atoms with Crippen molar-refractivity contribution in [2.45, 2.75) is 33.1 Å². The van der Waals surface area contributed by atoms with Crippen molar-refractivity contribution in [1.82, 2.24) is 4.98 Å². The molecule has 4 rings (SSSR count). The molecule has 5 nitrogen and oxygen atoms in total. The number of nitrogens with one attached hydrogen (secondary N) is 1. The maximum Gasteiger partial charge on any atom is 0.262 e. The van der Waals surface area contributed by atoms with Crippen LogP contribution in [0.2, 0.25) is 0 Å². The number of aromatic nitrogens is 1. The predicted octanol–water partition coefficient (Wildman–Crippen LogP) is 6.20. The van der Waals surface area contributed by atoms with Gasteiger partial charge >= 0.3 is 0 Å². The standard InChI is InChI=1S/C26H26N2O3/c1-4-18-5-12-22(13-6-18)30-16-25(29)27-21-11-14-24-23(15-21)28-26(31-24)20-9-7-19(8-10-20)17(2)3/h5-15,17H,4,16H2,1-3H3,(H,27,29). The molecule has 0 aliphatic carbocycles. The predicted molar refractivity (Wildman–Crippen MR) is 123 cm³/mol. The van der Waals surface area contributed by atoms with Crippen LogP contribution < -0.4 is 10.1 Å². The van der Waals surface area contributed by atoms with Gasteiger partial charge in [-0.05, 0) is 65.9 Å². The summed E-state index contributed by atoms with van der Waals surface area (Å²) in [6.07, 6.45) is 0.969. The van der Waals surface area contributed by atoms with Crippen LogP contribution in [0.3, 0.4) is 0 Å². The van der Waals surface area contributed by atoms with E-state index in [4.69, 9.17) is 9.15 Å². The van der Waals surface area contributed by atoms with Gasteiger partial charge in [0.1, 0.15) is 11.3 Å². The Hall–Kier alpha value is -3.60. The molecule has 0 fully saturated rings. The number of hydrogen-bond donors (Lipinski definition) is 1. The number of hydrogen-bond acceptors (Lipinski definition) is 4. The minimum Gasteiger partial charge on any atom is -0.484 e. The fourth-order valence-electron chi connectivity index (χ4n) is 3.31. The lowest BCUT2D eigenvalue weighted by Crippen LogP contribution is -2.20. The van der Waals surface area contributed by atoms with E-state index in [1.807, 2.05) is 42.5 Å². The van der Waals surface area contributed by atoms with E-state index in [2.05, 4.69) is 43.2 Å². The molecule has 5 heteroatoms. The van der Waals surface area contributed by atoms with Crippen LogP contribution in [0.5, 0.6) is 5.75 Å². The second kappa shape index (κ2) is 9.04. The lowest BCUT2D eigenvalue weighted by atomic mass is 10.0. The lowest BCUT2D eigenvalue weighted by Gasteiger charge is -2.08. The van der Waals surface area contributed by atoms with E-state index in [9.17, 15) is 4.79 Å². The monoisotopic (exact) mass is 414 g/mol. The number of rotatable bonds is 7. The topological polar surface area (TPSA) is 64.4 Å². The van der Waals surface area contributed by atoms with Gasteiger partial charge in [-0.2, -0.15) is 0 Å². The van der Waals surface area contributed by atoms with Crippen LogP contribution in [0.4, 0.5) is 5.69 Å². The Kier molecular flexibility index (Phi) is 6.03. The summed E-state index contributed by atoms with van der Waals surface area (Å²) in [6, 6.07) is 21.4. The summed E-state index contributed by atoms with van der Waals surface area (Å²) in [7, 11) is 0. The van der Waals surface area contributed by atoms with E-state index < -0.39 is 0 Å². The van der Waals surface area contributed by atoms with Crippen molar-refractivity contribution < 1.29 is 13.9 Å². The van der Waals surface area contributed by atoms with Crippen molar-refractivity contribution in [2.75, 3.05) is 11.9 Å². The Morgan fingerprint density at radius 1 is 1.03 bits per heavy atom. The van der Waals surface area contributed by atoms with E-state index in [0.717, 1.165) is 12.0 Å². The third kappa shape index (κ3) is 4.94. The minimum absolute atomic E-state index is 0.0597. The highest BCUT2D eigenvalue weighted by atomic mass is 16.5. The van der Waals surface area contributed by atoms with Crippen molar-refractivity contribution in [2.24, 2.45) is 0 Å². The Balaban J connectivity index is 1.42. The molecule has 1 aromatic heterocycles. The smallest absolute Gasteiger partial charge is 0.262 e. The fraction of sp³-hybridized carbons (Fsp3) is 0.231. The lowest BCUT2D eigenvalue weighted by molar-refractivity contribution is -0.118. The largest absolute Gasteiger partial charge is 0.484 e. The third-order valence-corrected chi connectivity index (χ3v) is 5.20. The molecule has 0 atom stereocenters. The first-order valence-electron chi connectivity index (χ1n) is 10.5. The van der Waals surface area contributed by atoms with Crippen molar-refractivity contribution in [3.05, 3.63) is 77.9 Å². The fourth-order valence-corrected chi connectivity index (χ4v) is 3.31. The average molecular weight is 415 g/mol. The molecule has 0 spiro atoms. The number of nitrogens with zero attached hydrogens (tertiary/aromatic N) is 1. The number of benzene rings is 3. The van der Waals surface area contributed by atoms with Crippen molar-refractivity contribution in [3.8, 4) is 17.2 Å². The van der Waals surface area contributed by atoms with Gasteiger partial charge in [-0.25, -0.2) is 4.98 Å². The van der Waals surface area contributed by atoms with Gasteiger partial charge in [0.05, 0.1) is 0 Å². The van der Waals surface area contributed by atoms with Crippen molar-refractivity contribution in [1.29, 1.82) is 0 Å². The maximum atomic E-state index is 12.3. The number of carbonyl (C=O) groups is 1. The summed E-state index contributed by atoms with van der Waals surface area (Å²) in [6.45, 7) is 6.37. The second-order valence-corrected chi connectivity index (χ2v) is 7.81. The van der Waals surface area contributed by atoms with E-state index >= 15 is 0 Å². The Morgan fingerprint density at radius 2 is 1.77 bits per heavy atom. The molecule has 0 unspecified atom stereocenters. The van der Waals surface area contributed by atoms with Crippen molar-refractivity contribution in [3.63, 3.8) is 0 Å². The summed E-state index contributed by atoms with van der Waals surface area (Å²) in [5.74, 6) is 1.48. The third-order valence-electron chi connectivity index (χ3n) is 5.20. The summed E-state index contributed by atoms with van der Waals surface area (Å²) < 4.78 is 11.5. The highest BCUT2D eigenvalue weighted by molar-refractivity contribution is 5.94. The van der Waals surface area contributed by atoms with Gasteiger partial charge in [0.15, 0.2) is 12.2 Å². The molecular weight excluding hydrogens is 388 g/mol. The summed E-state index contributed by atoms with van der Waals surface area (Å²) >= 11 is 0. The number of aryl methyl sites for hydroxylation is 1. The molecule has 1 amide bonds. The normalized spacial score (nSPS) is 11.1. The van der Waals surface area contributed by atoms with Crippen LogP contribution >= 0.6 is 0 Å². The van der Waals surface area contributed by atoms with Crippen LogP contribution in [0.25, 0.3) is 22.6 Å². The number of amides is 1. The van der Waals surface area contributed by atoms with Gasteiger partial charge in [0.2, 0.25) is 5.89 Å².